The predicted molar refractivity (Wildman–Crippen MR) is 56.5 cm³/mol. The minimum absolute atomic E-state index is 0.276. The summed E-state index contributed by atoms with van der Waals surface area (Å²) in [6, 6.07) is 0. The van der Waals surface area contributed by atoms with E-state index in [0.717, 1.165) is 45.9 Å². The van der Waals surface area contributed by atoms with Crippen molar-refractivity contribution in [3.05, 3.63) is 0 Å². The number of aliphatic hydroxyl groups excluding tert-OH is 1. The molecule has 1 aliphatic rings. The molecule has 0 amide bonds. The highest BCUT2D eigenvalue weighted by molar-refractivity contribution is 4.69. The summed E-state index contributed by atoms with van der Waals surface area (Å²) in [5.74, 6) is 0. The zero-order valence-corrected chi connectivity index (χ0v) is 9.11. The molecule has 0 spiro atoms. The van der Waals surface area contributed by atoms with Crippen molar-refractivity contribution in [1.29, 1.82) is 0 Å². The molecule has 0 radical (unpaired) electrons. The van der Waals surface area contributed by atoms with Gasteiger partial charge >= 0.3 is 0 Å². The Labute approximate surface area is 86.4 Å². The van der Waals surface area contributed by atoms with E-state index >= 15 is 0 Å². The number of ether oxygens (including phenoxy) is 1. The van der Waals surface area contributed by atoms with E-state index < -0.39 is 0 Å². The van der Waals surface area contributed by atoms with Crippen LogP contribution >= 0.6 is 0 Å². The molecule has 14 heavy (non-hydrogen) atoms. The Balaban J connectivity index is 2.19. The number of hydrogen-bond donors (Lipinski definition) is 1. The fourth-order valence-corrected chi connectivity index (χ4v) is 1.83. The van der Waals surface area contributed by atoms with Crippen LogP contribution in [0, 0.1) is 0 Å². The Kier molecular flexibility index (Phi) is 6.10. The summed E-state index contributed by atoms with van der Waals surface area (Å²) >= 11 is 0. The Morgan fingerprint density at radius 1 is 1.07 bits per heavy atom. The van der Waals surface area contributed by atoms with Gasteiger partial charge in [-0.05, 0) is 19.5 Å². The number of aliphatic hydroxyl groups is 1. The average molecular weight is 202 g/mol. The maximum absolute atomic E-state index is 8.84. The minimum Gasteiger partial charge on any atom is -0.395 e. The van der Waals surface area contributed by atoms with Crippen LogP contribution in [0.3, 0.4) is 0 Å². The van der Waals surface area contributed by atoms with Crippen LogP contribution in [0.4, 0.5) is 0 Å². The number of nitrogens with zero attached hydrogens (tertiary/aromatic N) is 2. The fraction of sp³-hybridized carbons (Fsp3) is 1.00. The second-order valence-corrected chi connectivity index (χ2v) is 3.75. The first-order valence-corrected chi connectivity index (χ1v) is 5.41. The zero-order valence-electron chi connectivity index (χ0n) is 9.11. The van der Waals surface area contributed by atoms with Crippen LogP contribution in [0.5, 0.6) is 0 Å². The van der Waals surface area contributed by atoms with Crippen molar-refractivity contribution in [2.45, 2.75) is 6.42 Å². The highest BCUT2D eigenvalue weighted by atomic mass is 16.5. The highest BCUT2D eigenvalue weighted by Gasteiger charge is 2.13. The second kappa shape index (κ2) is 7.17. The van der Waals surface area contributed by atoms with Gasteiger partial charge < -0.3 is 9.84 Å². The van der Waals surface area contributed by atoms with Crippen molar-refractivity contribution in [3.63, 3.8) is 0 Å². The molecule has 0 atom stereocenters. The van der Waals surface area contributed by atoms with Gasteiger partial charge in [-0.1, -0.05) is 0 Å². The maximum atomic E-state index is 8.84. The largest absolute Gasteiger partial charge is 0.395 e. The lowest BCUT2D eigenvalue weighted by Crippen LogP contribution is -2.33. The number of hydrogen-bond acceptors (Lipinski definition) is 4. The molecule has 1 aliphatic heterocycles. The summed E-state index contributed by atoms with van der Waals surface area (Å²) in [6.45, 7) is 7.39. The van der Waals surface area contributed by atoms with Crippen molar-refractivity contribution in [3.8, 4) is 0 Å². The third kappa shape index (κ3) is 4.37. The Morgan fingerprint density at radius 2 is 1.71 bits per heavy atom. The van der Waals surface area contributed by atoms with Crippen molar-refractivity contribution in [2.24, 2.45) is 0 Å². The van der Waals surface area contributed by atoms with Crippen molar-refractivity contribution in [2.75, 3.05) is 59.6 Å². The van der Waals surface area contributed by atoms with E-state index in [1.54, 1.807) is 7.11 Å². The molecular formula is C10H22N2O2. The van der Waals surface area contributed by atoms with E-state index in [9.17, 15) is 0 Å². The van der Waals surface area contributed by atoms with E-state index in [0.29, 0.717) is 0 Å². The topological polar surface area (TPSA) is 35.9 Å². The standard InChI is InChI=1S/C10H22N2O2/c1-14-10-8-12-4-2-3-11(5-6-12)7-9-13/h13H,2-10H2,1H3. The fourth-order valence-electron chi connectivity index (χ4n) is 1.83. The van der Waals surface area contributed by atoms with Gasteiger partial charge in [0.15, 0.2) is 0 Å². The molecule has 1 N–H and O–H groups in total. The third-order valence-electron chi connectivity index (χ3n) is 2.71. The van der Waals surface area contributed by atoms with E-state index in [1.165, 1.54) is 6.42 Å². The molecule has 0 unspecified atom stereocenters. The summed E-state index contributed by atoms with van der Waals surface area (Å²) in [4.78, 5) is 4.76. The molecule has 1 rings (SSSR count). The molecule has 0 bridgehead atoms. The second-order valence-electron chi connectivity index (χ2n) is 3.75. The molecule has 0 aliphatic carbocycles. The van der Waals surface area contributed by atoms with Crippen LogP contribution in [-0.2, 0) is 4.74 Å². The van der Waals surface area contributed by atoms with E-state index in [2.05, 4.69) is 9.80 Å². The Hall–Kier alpha value is -0.160. The summed E-state index contributed by atoms with van der Waals surface area (Å²) in [5.41, 5.74) is 0. The van der Waals surface area contributed by atoms with Crippen LogP contribution < -0.4 is 0 Å². The summed E-state index contributed by atoms with van der Waals surface area (Å²) in [7, 11) is 1.75. The molecule has 1 fully saturated rings. The van der Waals surface area contributed by atoms with Crippen molar-refractivity contribution < 1.29 is 9.84 Å². The normalized spacial score (nSPS) is 21.0. The summed E-state index contributed by atoms with van der Waals surface area (Å²) < 4.78 is 5.06. The van der Waals surface area contributed by atoms with Gasteiger partial charge in [0.05, 0.1) is 13.2 Å². The molecule has 0 aromatic heterocycles. The summed E-state index contributed by atoms with van der Waals surface area (Å²) in [5, 5.41) is 8.84. The molecule has 1 heterocycles. The quantitative estimate of drug-likeness (QED) is 0.660. The van der Waals surface area contributed by atoms with Crippen LogP contribution in [-0.4, -0.2) is 74.5 Å². The third-order valence-corrected chi connectivity index (χ3v) is 2.71. The van der Waals surface area contributed by atoms with Crippen LogP contribution in [0.25, 0.3) is 0 Å². The molecule has 1 saturated heterocycles. The molecule has 0 aromatic rings. The lowest BCUT2D eigenvalue weighted by molar-refractivity contribution is 0.147. The van der Waals surface area contributed by atoms with E-state index in [1.807, 2.05) is 0 Å². The number of rotatable bonds is 5. The lowest BCUT2D eigenvalue weighted by atomic mass is 10.4. The molecular weight excluding hydrogens is 180 g/mol. The predicted octanol–water partition coefficient (Wildman–Crippen LogP) is -0.367. The van der Waals surface area contributed by atoms with Crippen LogP contribution in [0.2, 0.25) is 0 Å². The molecule has 0 saturated carbocycles. The number of methoxy groups -OCH3 is 1. The van der Waals surface area contributed by atoms with Gasteiger partial charge in [-0.3, -0.25) is 9.80 Å². The van der Waals surface area contributed by atoms with Gasteiger partial charge in [0.25, 0.3) is 0 Å². The average Bonchev–Trinajstić information content (AvgIpc) is 2.41. The van der Waals surface area contributed by atoms with Crippen LogP contribution in [0.15, 0.2) is 0 Å². The Bertz CT molecular complexity index is 144. The van der Waals surface area contributed by atoms with Gasteiger partial charge in [-0.2, -0.15) is 0 Å². The number of β-amino-alcohol motifs (C(OH)–C–C–N with tert-alkyl or cyclic N) is 1. The van der Waals surface area contributed by atoms with Crippen molar-refractivity contribution in [1.82, 2.24) is 9.80 Å². The van der Waals surface area contributed by atoms with Crippen molar-refractivity contribution >= 4 is 0 Å². The van der Waals surface area contributed by atoms with Gasteiger partial charge in [-0.15, -0.1) is 0 Å². The molecule has 4 nitrogen and oxygen atoms in total. The first kappa shape index (κ1) is 11.9. The smallest absolute Gasteiger partial charge is 0.0589 e. The molecule has 4 heteroatoms. The monoisotopic (exact) mass is 202 g/mol. The van der Waals surface area contributed by atoms with Crippen LogP contribution in [0.1, 0.15) is 6.42 Å². The lowest BCUT2D eigenvalue weighted by Gasteiger charge is -2.20. The van der Waals surface area contributed by atoms with Gasteiger partial charge in [-0.25, -0.2) is 0 Å². The Morgan fingerprint density at radius 3 is 2.29 bits per heavy atom. The summed E-state index contributed by atoms with van der Waals surface area (Å²) in [6.07, 6.45) is 1.20. The molecule has 0 aromatic carbocycles. The first-order chi connectivity index (χ1) is 6.86. The minimum atomic E-state index is 0.276. The van der Waals surface area contributed by atoms with Gasteiger partial charge in [0.2, 0.25) is 0 Å². The molecule has 84 valence electrons. The van der Waals surface area contributed by atoms with Gasteiger partial charge in [0, 0.05) is 33.3 Å². The van der Waals surface area contributed by atoms with E-state index in [-0.39, 0.29) is 6.61 Å². The SMILES string of the molecule is COCCN1CCCN(CCO)CC1. The highest BCUT2D eigenvalue weighted by Crippen LogP contribution is 2.01. The first-order valence-electron chi connectivity index (χ1n) is 5.41. The zero-order chi connectivity index (χ0) is 10.2. The van der Waals surface area contributed by atoms with Gasteiger partial charge in [0.1, 0.15) is 0 Å². The maximum Gasteiger partial charge on any atom is 0.0589 e. The van der Waals surface area contributed by atoms with E-state index in [4.69, 9.17) is 9.84 Å².